The van der Waals surface area contributed by atoms with Gasteiger partial charge in [0.2, 0.25) is 0 Å². The summed E-state index contributed by atoms with van der Waals surface area (Å²) in [5.74, 6) is 0.646. The molecule has 17 heavy (non-hydrogen) atoms. The maximum atomic E-state index is 6.38. The first-order valence-corrected chi connectivity index (χ1v) is 9.17. The third kappa shape index (κ3) is 2.79. The molecule has 0 saturated carbocycles. The van der Waals surface area contributed by atoms with Crippen LogP contribution in [-0.2, 0) is 0 Å². The zero-order valence-corrected chi connectivity index (χ0v) is 14.2. The van der Waals surface area contributed by atoms with E-state index < -0.39 is 8.32 Å². The highest BCUT2D eigenvalue weighted by atomic mass is 79.9. The van der Waals surface area contributed by atoms with E-state index in [0.29, 0.717) is 22.6 Å². The van der Waals surface area contributed by atoms with Crippen LogP contribution in [0.3, 0.4) is 0 Å². The van der Waals surface area contributed by atoms with Gasteiger partial charge in [-0.05, 0) is 38.6 Å². The van der Waals surface area contributed by atoms with E-state index in [2.05, 4.69) is 57.5 Å². The number of halogens is 1. The molecule has 1 aromatic heterocycles. The Morgan fingerprint density at radius 3 is 1.82 bits per heavy atom. The Kier molecular flexibility index (Phi) is 4.90. The first kappa shape index (κ1) is 14.8. The van der Waals surface area contributed by atoms with Crippen molar-refractivity contribution in [2.45, 2.75) is 58.2 Å². The van der Waals surface area contributed by atoms with Gasteiger partial charge in [0, 0.05) is 0 Å². The lowest BCUT2D eigenvalue weighted by Crippen LogP contribution is -2.50. The Balaban J connectivity index is 3.11. The van der Waals surface area contributed by atoms with Crippen LogP contribution in [0.15, 0.2) is 21.2 Å². The van der Waals surface area contributed by atoms with Crippen LogP contribution in [0, 0.1) is 0 Å². The zero-order valence-electron chi connectivity index (χ0n) is 11.6. The van der Waals surface area contributed by atoms with Crippen LogP contribution < -0.4 is 4.43 Å². The molecule has 2 nitrogen and oxygen atoms in total. The summed E-state index contributed by atoms with van der Waals surface area (Å²) < 4.78 is 12.7. The van der Waals surface area contributed by atoms with Crippen molar-refractivity contribution in [2.75, 3.05) is 0 Å². The van der Waals surface area contributed by atoms with E-state index >= 15 is 0 Å². The van der Waals surface area contributed by atoms with Gasteiger partial charge in [0.05, 0.1) is 6.26 Å². The van der Waals surface area contributed by atoms with Crippen LogP contribution in [0.2, 0.25) is 16.6 Å². The van der Waals surface area contributed by atoms with Gasteiger partial charge in [-0.3, -0.25) is 0 Å². The second-order valence-corrected chi connectivity index (χ2v) is 11.7. The van der Waals surface area contributed by atoms with Crippen molar-refractivity contribution in [1.82, 2.24) is 0 Å². The summed E-state index contributed by atoms with van der Waals surface area (Å²) in [6.07, 6.45) is 1.67. The lowest BCUT2D eigenvalue weighted by Gasteiger charge is -2.41. The van der Waals surface area contributed by atoms with Crippen LogP contribution >= 0.6 is 15.9 Å². The Hall–Kier alpha value is -0.223. The quantitative estimate of drug-likeness (QED) is 0.659. The fraction of sp³-hybridized carbons (Fsp3) is 0.692. The van der Waals surface area contributed by atoms with E-state index in [-0.39, 0.29) is 0 Å². The van der Waals surface area contributed by atoms with Crippen molar-refractivity contribution >= 4 is 24.2 Å². The third-order valence-electron chi connectivity index (χ3n) is 3.56. The van der Waals surface area contributed by atoms with Crippen molar-refractivity contribution < 1.29 is 8.84 Å². The molecule has 0 bridgehead atoms. The smallest absolute Gasteiger partial charge is 0.285 e. The van der Waals surface area contributed by atoms with Gasteiger partial charge < -0.3 is 8.84 Å². The molecule has 0 aliphatic carbocycles. The highest BCUT2D eigenvalue weighted by Gasteiger charge is 2.47. The summed E-state index contributed by atoms with van der Waals surface area (Å²) >= 11 is 3.47. The highest BCUT2D eigenvalue weighted by molar-refractivity contribution is 9.10. The molecule has 0 aliphatic heterocycles. The summed E-state index contributed by atoms with van der Waals surface area (Å²) in [5, 5.41) is 0. The molecule has 0 radical (unpaired) electrons. The van der Waals surface area contributed by atoms with E-state index in [9.17, 15) is 0 Å². The molecule has 1 aromatic rings. The predicted molar refractivity (Wildman–Crippen MR) is 78.1 cm³/mol. The van der Waals surface area contributed by atoms with Crippen molar-refractivity contribution in [3.8, 4) is 5.95 Å². The third-order valence-corrected chi connectivity index (χ3v) is 10.1. The van der Waals surface area contributed by atoms with Gasteiger partial charge in [-0.25, -0.2) is 0 Å². The summed E-state index contributed by atoms with van der Waals surface area (Å²) in [6.45, 7) is 13.6. The molecule has 0 saturated heterocycles. The van der Waals surface area contributed by atoms with Crippen molar-refractivity contribution in [1.29, 1.82) is 0 Å². The molecule has 1 heterocycles. The van der Waals surface area contributed by atoms with E-state index in [4.69, 9.17) is 8.84 Å². The summed E-state index contributed by atoms with van der Waals surface area (Å²) in [5.41, 5.74) is 1.67. The van der Waals surface area contributed by atoms with Gasteiger partial charge in [-0.1, -0.05) is 41.5 Å². The molecule has 4 heteroatoms. The SMILES string of the molecule is CC(C)[Si](Oc1occc1Br)(C(C)C)C(C)C. The first-order chi connectivity index (χ1) is 7.82. The average Bonchev–Trinajstić information content (AvgIpc) is 2.58. The fourth-order valence-electron chi connectivity index (χ4n) is 2.87. The molecule has 0 fully saturated rings. The maximum Gasteiger partial charge on any atom is 0.285 e. The number of hydrogen-bond donors (Lipinski definition) is 0. The van der Waals surface area contributed by atoms with Gasteiger partial charge >= 0.3 is 0 Å². The lowest BCUT2D eigenvalue weighted by atomic mass is 10.5. The van der Waals surface area contributed by atoms with E-state index in [1.165, 1.54) is 0 Å². The number of hydrogen-bond acceptors (Lipinski definition) is 2. The minimum atomic E-state index is -1.89. The molecular formula is C13H23BrO2Si. The Labute approximate surface area is 114 Å². The molecule has 0 N–H and O–H groups in total. The Morgan fingerprint density at radius 2 is 1.53 bits per heavy atom. The van der Waals surface area contributed by atoms with Crippen molar-refractivity contribution in [3.63, 3.8) is 0 Å². The normalized spacial score (nSPS) is 12.8. The second kappa shape index (κ2) is 5.61. The van der Waals surface area contributed by atoms with E-state index in [1.54, 1.807) is 6.26 Å². The largest absolute Gasteiger partial charge is 0.517 e. The summed E-state index contributed by atoms with van der Waals surface area (Å²) in [7, 11) is -1.89. The average molecular weight is 319 g/mol. The van der Waals surface area contributed by atoms with Crippen LogP contribution in [0.4, 0.5) is 0 Å². The summed E-state index contributed by atoms with van der Waals surface area (Å²) in [6, 6.07) is 1.88. The van der Waals surface area contributed by atoms with Gasteiger partial charge in [0.15, 0.2) is 0 Å². The summed E-state index contributed by atoms with van der Waals surface area (Å²) in [4.78, 5) is 0. The van der Waals surface area contributed by atoms with Gasteiger partial charge in [-0.15, -0.1) is 0 Å². The predicted octanol–water partition coefficient (Wildman–Crippen LogP) is 5.60. The van der Waals surface area contributed by atoms with Crippen molar-refractivity contribution in [3.05, 3.63) is 16.8 Å². The molecule has 0 aromatic carbocycles. The minimum absolute atomic E-state index is 0.555. The first-order valence-electron chi connectivity index (χ1n) is 6.24. The lowest BCUT2D eigenvalue weighted by molar-refractivity contribution is 0.356. The van der Waals surface area contributed by atoms with Crippen LogP contribution in [0.25, 0.3) is 0 Å². The van der Waals surface area contributed by atoms with Crippen LogP contribution in [-0.4, -0.2) is 8.32 Å². The molecule has 98 valence electrons. The maximum absolute atomic E-state index is 6.38. The molecule has 0 spiro atoms. The Morgan fingerprint density at radius 1 is 1.06 bits per heavy atom. The standard InChI is InChI=1S/C13H23BrO2Si/c1-9(2)17(10(3)4,11(5)6)16-13-12(14)7-8-15-13/h7-11H,1-6H3. The van der Waals surface area contributed by atoms with Crippen LogP contribution in [0.5, 0.6) is 5.95 Å². The molecule has 0 amide bonds. The van der Waals surface area contributed by atoms with E-state index in [1.807, 2.05) is 6.07 Å². The highest BCUT2D eigenvalue weighted by Crippen LogP contribution is 2.44. The molecule has 0 unspecified atom stereocenters. The minimum Gasteiger partial charge on any atom is -0.517 e. The molecule has 1 rings (SSSR count). The molecular weight excluding hydrogens is 296 g/mol. The fourth-order valence-corrected chi connectivity index (χ4v) is 8.48. The number of rotatable bonds is 5. The monoisotopic (exact) mass is 318 g/mol. The zero-order chi connectivity index (χ0) is 13.2. The van der Waals surface area contributed by atoms with E-state index in [0.717, 1.165) is 4.47 Å². The second-order valence-electron chi connectivity index (χ2n) is 5.48. The number of furan rings is 1. The van der Waals surface area contributed by atoms with Crippen LogP contribution in [0.1, 0.15) is 41.5 Å². The molecule has 0 atom stereocenters. The van der Waals surface area contributed by atoms with Gasteiger partial charge in [0.25, 0.3) is 14.3 Å². The molecule has 0 aliphatic rings. The van der Waals surface area contributed by atoms with Gasteiger partial charge in [0.1, 0.15) is 4.47 Å². The van der Waals surface area contributed by atoms with Gasteiger partial charge in [-0.2, -0.15) is 0 Å². The van der Waals surface area contributed by atoms with Crippen molar-refractivity contribution in [2.24, 2.45) is 0 Å². The topological polar surface area (TPSA) is 22.4 Å². The Bertz CT molecular complexity index is 336.